The van der Waals surface area contributed by atoms with Crippen molar-refractivity contribution in [1.29, 1.82) is 0 Å². The van der Waals surface area contributed by atoms with Gasteiger partial charge in [-0.2, -0.15) is 0 Å². The molecule has 27 heavy (non-hydrogen) atoms. The summed E-state index contributed by atoms with van der Waals surface area (Å²) < 4.78 is 10.5. The number of carbonyl (C=O) groups excluding carboxylic acids is 1. The van der Waals surface area contributed by atoms with Crippen LogP contribution in [0.25, 0.3) is 0 Å². The van der Waals surface area contributed by atoms with Crippen molar-refractivity contribution in [1.82, 2.24) is 9.88 Å². The first-order valence-corrected chi connectivity index (χ1v) is 9.05. The highest BCUT2D eigenvalue weighted by Gasteiger charge is 2.26. The number of nitrogens with one attached hydrogen (secondary N) is 1. The molecule has 0 unspecified atom stereocenters. The summed E-state index contributed by atoms with van der Waals surface area (Å²) in [6.07, 6.45) is 1.81. The van der Waals surface area contributed by atoms with Crippen molar-refractivity contribution in [2.75, 3.05) is 50.6 Å². The molecular weight excluding hydrogens is 344 g/mol. The van der Waals surface area contributed by atoms with Gasteiger partial charge in [0.15, 0.2) is 11.5 Å². The van der Waals surface area contributed by atoms with Crippen LogP contribution in [0.4, 0.5) is 11.5 Å². The maximum absolute atomic E-state index is 12.7. The van der Waals surface area contributed by atoms with Crippen LogP contribution in [0, 0.1) is 0 Å². The Morgan fingerprint density at radius 2 is 1.81 bits per heavy atom. The summed E-state index contributed by atoms with van der Waals surface area (Å²) in [7, 11) is 3.16. The number of carbonyl (C=O) groups is 1. The predicted molar refractivity (Wildman–Crippen MR) is 106 cm³/mol. The normalized spacial score (nSPS) is 15.9. The Bertz CT molecular complexity index is 761. The minimum Gasteiger partial charge on any atom is -0.493 e. The Morgan fingerprint density at radius 3 is 2.44 bits per heavy atom. The fraction of sp³-hybridized carbons (Fsp3) is 0.400. The number of hydrogen-bond donors (Lipinski definition) is 1. The van der Waals surface area contributed by atoms with E-state index in [-0.39, 0.29) is 11.9 Å². The van der Waals surface area contributed by atoms with Gasteiger partial charge in [0, 0.05) is 44.1 Å². The number of piperazine rings is 1. The van der Waals surface area contributed by atoms with Crippen LogP contribution < -0.4 is 19.7 Å². The molecule has 1 atom stereocenters. The summed E-state index contributed by atoms with van der Waals surface area (Å²) >= 11 is 0. The van der Waals surface area contributed by atoms with Gasteiger partial charge in [0.2, 0.25) is 5.91 Å². The van der Waals surface area contributed by atoms with Gasteiger partial charge in [-0.15, -0.1) is 0 Å². The Labute approximate surface area is 159 Å². The number of anilines is 2. The predicted octanol–water partition coefficient (Wildman–Crippen LogP) is 2.25. The number of amides is 1. The van der Waals surface area contributed by atoms with Crippen molar-refractivity contribution >= 4 is 17.4 Å². The second-order valence-corrected chi connectivity index (χ2v) is 6.45. The Kier molecular flexibility index (Phi) is 6.13. The van der Waals surface area contributed by atoms with Crippen LogP contribution in [0.1, 0.15) is 6.92 Å². The Morgan fingerprint density at radius 1 is 1.07 bits per heavy atom. The molecule has 7 heteroatoms. The highest BCUT2D eigenvalue weighted by atomic mass is 16.5. The first-order valence-electron chi connectivity index (χ1n) is 9.05. The molecule has 2 heterocycles. The van der Waals surface area contributed by atoms with E-state index >= 15 is 0 Å². The molecule has 1 amide bonds. The monoisotopic (exact) mass is 370 g/mol. The van der Waals surface area contributed by atoms with Crippen LogP contribution in [-0.2, 0) is 4.79 Å². The summed E-state index contributed by atoms with van der Waals surface area (Å²) in [6, 6.07) is 11.1. The number of aromatic nitrogens is 1. The molecule has 0 saturated carbocycles. The Hall–Kier alpha value is -2.80. The number of hydrogen-bond acceptors (Lipinski definition) is 6. The summed E-state index contributed by atoms with van der Waals surface area (Å²) in [4.78, 5) is 21.5. The van der Waals surface area contributed by atoms with E-state index < -0.39 is 0 Å². The van der Waals surface area contributed by atoms with E-state index in [0.29, 0.717) is 17.2 Å². The van der Waals surface area contributed by atoms with Crippen LogP contribution >= 0.6 is 0 Å². The van der Waals surface area contributed by atoms with Crippen LogP contribution in [0.15, 0.2) is 42.6 Å². The number of benzene rings is 1. The molecule has 1 aliphatic heterocycles. The van der Waals surface area contributed by atoms with Crippen molar-refractivity contribution in [2.24, 2.45) is 0 Å². The third-order valence-corrected chi connectivity index (χ3v) is 4.87. The molecule has 0 aliphatic carbocycles. The second-order valence-electron chi connectivity index (χ2n) is 6.45. The third kappa shape index (κ3) is 4.49. The first kappa shape index (κ1) is 19.0. The zero-order chi connectivity index (χ0) is 19.2. The molecule has 1 fully saturated rings. The lowest BCUT2D eigenvalue weighted by Gasteiger charge is -2.37. The van der Waals surface area contributed by atoms with Crippen LogP contribution in [-0.4, -0.2) is 62.2 Å². The number of ether oxygens (including phenoxy) is 2. The Balaban J connectivity index is 1.57. The smallest absolute Gasteiger partial charge is 0.241 e. The molecule has 0 bridgehead atoms. The van der Waals surface area contributed by atoms with Gasteiger partial charge in [-0.3, -0.25) is 9.69 Å². The van der Waals surface area contributed by atoms with Crippen molar-refractivity contribution in [3.05, 3.63) is 42.6 Å². The molecule has 1 aromatic carbocycles. The zero-order valence-electron chi connectivity index (χ0n) is 16.0. The summed E-state index contributed by atoms with van der Waals surface area (Å²) in [5.74, 6) is 2.18. The molecule has 1 N–H and O–H groups in total. The number of nitrogens with zero attached hydrogens (tertiary/aromatic N) is 3. The number of methoxy groups -OCH3 is 2. The standard InChI is InChI=1S/C20H26N4O3/c1-15(20(25)22-16-7-8-17(26-2)18(14-16)27-3)23-10-12-24(13-11-23)19-6-4-5-9-21-19/h4-9,14-15H,10-13H2,1-3H3,(H,22,25)/t15-/m0/s1. The summed E-state index contributed by atoms with van der Waals surface area (Å²) in [6.45, 7) is 5.27. The van der Waals surface area contributed by atoms with Gasteiger partial charge in [0.05, 0.1) is 20.3 Å². The average molecular weight is 370 g/mol. The largest absolute Gasteiger partial charge is 0.493 e. The zero-order valence-corrected chi connectivity index (χ0v) is 16.0. The fourth-order valence-electron chi connectivity index (χ4n) is 3.21. The molecule has 0 radical (unpaired) electrons. The summed E-state index contributed by atoms with van der Waals surface area (Å²) in [5.41, 5.74) is 0.691. The van der Waals surface area contributed by atoms with Gasteiger partial charge in [0.25, 0.3) is 0 Å². The molecular formula is C20H26N4O3. The van der Waals surface area contributed by atoms with Gasteiger partial charge in [-0.1, -0.05) is 6.07 Å². The van der Waals surface area contributed by atoms with E-state index in [9.17, 15) is 4.79 Å². The second kappa shape index (κ2) is 8.73. The average Bonchev–Trinajstić information content (AvgIpc) is 2.73. The van der Waals surface area contributed by atoms with Crippen LogP contribution in [0.5, 0.6) is 11.5 Å². The minimum atomic E-state index is -0.219. The molecule has 7 nitrogen and oxygen atoms in total. The van der Waals surface area contributed by atoms with Crippen molar-refractivity contribution in [3.63, 3.8) is 0 Å². The molecule has 1 aliphatic rings. The van der Waals surface area contributed by atoms with Crippen LogP contribution in [0.3, 0.4) is 0 Å². The first-order chi connectivity index (χ1) is 13.1. The summed E-state index contributed by atoms with van der Waals surface area (Å²) in [5, 5.41) is 2.97. The minimum absolute atomic E-state index is 0.0338. The van der Waals surface area contributed by atoms with Gasteiger partial charge in [0.1, 0.15) is 5.82 Å². The van der Waals surface area contributed by atoms with Crippen LogP contribution in [0.2, 0.25) is 0 Å². The van der Waals surface area contributed by atoms with E-state index in [4.69, 9.17) is 9.47 Å². The molecule has 3 rings (SSSR count). The van der Waals surface area contributed by atoms with E-state index in [2.05, 4.69) is 20.1 Å². The maximum atomic E-state index is 12.7. The quantitative estimate of drug-likeness (QED) is 0.841. The topological polar surface area (TPSA) is 66.9 Å². The molecule has 0 spiro atoms. The van der Waals surface area contributed by atoms with Crippen molar-refractivity contribution < 1.29 is 14.3 Å². The van der Waals surface area contributed by atoms with E-state index in [0.717, 1.165) is 32.0 Å². The third-order valence-electron chi connectivity index (χ3n) is 4.87. The lowest BCUT2D eigenvalue weighted by molar-refractivity contribution is -0.120. The van der Waals surface area contributed by atoms with Gasteiger partial charge in [-0.25, -0.2) is 4.98 Å². The van der Waals surface area contributed by atoms with E-state index in [1.54, 1.807) is 32.5 Å². The molecule has 144 valence electrons. The molecule has 1 saturated heterocycles. The molecule has 1 aromatic heterocycles. The van der Waals surface area contributed by atoms with Crippen molar-refractivity contribution in [2.45, 2.75) is 13.0 Å². The highest BCUT2D eigenvalue weighted by Crippen LogP contribution is 2.29. The lowest BCUT2D eigenvalue weighted by Crippen LogP contribution is -2.53. The van der Waals surface area contributed by atoms with Gasteiger partial charge >= 0.3 is 0 Å². The van der Waals surface area contributed by atoms with Crippen molar-refractivity contribution in [3.8, 4) is 11.5 Å². The van der Waals surface area contributed by atoms with E-state index in [1.807, 2.05) is 31.2 Å². The highest BCUT2D eigenvalue weighted by molar-refractivity contribution is 5.94. The van der Waals surface area contributed by atoms with Gasteiger partial charge in [-0.05, 0) is 31.2 Å². The number of pyridine rings is 1. The lowest BCUT2D eigenvalue weighted by atomic mass is 10.2. The van der Waals surface area contributed by atoms with E-state index in [1.165, 1.54) is 0 Å². The molecule has 2 aromatic rings. The SMILES string of the molecule is COc1ccc(NC(=O)[C@H](C)N2CCN(c3ccccn3)CC2)cc1OC. The maximum Gasteiger partial charge on any atom is 0.241 e. The number of rotatable bonds is 6. The fourth-order valence-corrected chi connectivity index (χ4v) is 3.21. The van der Waals surface area contributed by atoms with Gasteiger partial charge < -0.3 is 19.7 Å².